The van der Waals surface area contributed by atoms with Crippen molar-refractivity contribution in [1.29, 1.82) is 0 Å². The van der Waals surface area contributed by atoms with E-state index in [4.69, 9.17) is 11.6 Å². The zero-order valence-corrected chi connectivity index (χ0v) is 11.9. The number of hydrogen-bond donors (Lipinski definition) is 1. The predicted molar refractivity (Wildman–Crippen MR) is 65.8 cm³/mol. The smallest absolute Gasteiger partial charge is 0.416 e. The van der Waals surface area contributed by atoms with Crippen molar-refractivity contribution in [2.75, 3.05) is 6.61 Å². The van der Waals surface area contributed by atoms with E-state index in [1.807, 2.05) is 0 Å². The standard InChI is InChI=1S/C11H6ClF6NO2.ClH/c12-6-2-4(11(16,17)18)1-5(7(6)13)8-10(14,15)3-21-9(20)19-8;/h1-2,8H,3H2,(H,19,20);1H/t8-;/m0./s1. The lowest BCUT2D eigenvalue weighted by Gasteiger charge is -2.32. The van der Waals surface area contributed by atoms with Crippen molar-refractivity contribution >= 4 is 30.1 Å². The van der Waals surface area contributed by atoms with E-state index in [2.05, 4.69) is 4.74 Å². The largest absolute Gasteiger partial charge is 0.443 e. The summed E-state index contributed by atoms with van der Waals surface area (Å²) < 4.78 is 83.0. The van der Waals surface area contributed by atoms with Gasteiger partial charge >= 0.3 is 18.2 Å². The average molecular weight is 370 g/mol. The molecule has 0 bridgehead atoms. The summed E-state index contributed by atoms with van der Waals surface area (Å²) in [7, 11) is 0. The molecular weight excluding hydrogens is 363 g/mol. The lowest BCUT2D eigenvalue weighted by molar-refractivity contribution is -0.138. The normalized spacial score (nSPS) is 20.7. The van der Waals surface area contributed by atoms with Crippen LogP contribution in [0, 0.1) is 5.82 Å². The van der Waals surface area contributed by atoms with Crippen molar-refractivity contribution in [3.63, 3.8) is 0 Å². The number of alkyl halides is 5. The number of hydrogen-bond acceptors (Lipinski definition) is 2. The van der Waals surface area contributed by atoms with Crippen molar-refractivity contribution in [3.05, 3.63) is 34.1 Å². The first-order valence-corrected chi connectivity index (χ1v) is 5.77. The van der Waals surface area contributed by atoms with E-state index in [9.17, 15) is 31.1 Å². The second-order valence-electron chi connectivity index (χ2n) is 4.27. The summed E-state index contributed by atoms with van der Waals surface area (Å²) in [5, 5.41) is 0.617. The molecular formula is C11H7Cl2F6NO2. The Morgan fingerprint density at radius 1 is 1.32 bits per heavy atom. The zero-order chi connectivity index (χ0) is 16.0. The second-order valence-corrected chi connectivity index (χ2v) is 4.68. The van der Waals surface area contributed by atoms with Crippen LogP contribution in [-0.4, -0.2) is 18.6 Å². The van der Waals surface area contributed by atoms with Crippen LogP contribution < -0.4 is 5.32 Å². The molecule has 2 rings (SSSR count). The molecule has 1 aliphatic rings. The SMILES string of the molecule is Cl.O=C1N[C@@H](c2cc(C(F)(F)F)cc(Cl)c2F)C(F)(F)CO1. The number of benzene rings is 1. The monoisotopic (exact) mass is 369 g/mol. The molecule has 0 saturated carbocycles. The molecule has 1 atom stereocenters. The molecule has 0 unspecified atom stereocenters. The predicted octanol–water partition coefficient (Wildman–Crippen LogP) is 4.34. The van der Waals surface area contributed by atoms with Crippen LogP contribution in [0.15, 0.2) is 12.1 Å². The van der Waals surface area contributed by atoms with Crippen molar-refractivity contribution in [2.45, 2.75) is 18.1 Å². The number of amides is 1. The Hall–Kier alpha value is -1.35. The molecule has 22 heavy (non-hydrogen) atoms. The summed E-state index contributed by atoms with van der Waals surface area (Å²) >= 11 is 5.31. The Morgan fingerprint density at radius 3 is 2.45 bits per heavy atom. The maximum Gasteiger partial charge on any atom is 0.416 e. The average Bonchev–Trinajstić information content (AvgIpc) is 2.34. The second kappa shape index (κ2) is 6.04. The minimum absolute atomic E-state index is 0. The van der Waals surface area contributed by atoms with E-state index in [-0.39, 0.29) is 24.5 Å². The lowest BCUT2D eigenvalue weighted by Crippen LogP contribution is -2.50. The first kappa shape index (κ1) is 18.7. The molecule has 1 aliphatic heterocycles. The minimum Gasteiger partial charge on any atom is -0.443 e. The number of rotatable bonds is 1. The fraction of sp³-hybridized carbons (Fsp3) is 0.364. The first-order valence-electron chi connectivity index (χ1n) is 5.39. The van der Waals surface area contributed by atoms with Crippen LogP contribution in [0.2, 0.25) is 5.02 Å². The molecule has 1 aromatic carbocycles. The fourth-order valence-corrected chi connectivity index (χ4v) is 2.03. The van der Waals surface area contributed by atoms with Crippen molar-refractivity contribution < 1.29 is 35.9 Å². The van der Waals surface area contributed by atoms with E-state index >= 15 is 0 Å². The van der Waals surface area contributed by atoms with Gasteiger partial charge in [0.2, 0.25) is 0 Å². The number of alkyl carbamates (subject to hydrolysis) is 1. The van der Waals surface area contributed by atoms with Crippen molar-refractivity contribution in [1.82, 2.24) is 5.32 Å². The molecule has 1 N–H and O–H groups in total. The summed E-state index contributed by atoms with van der Waals surface area (Å²) in [6, 6.07) is -1.84. The van der Waals surface area contributed by atoms with Gasteiger partial charge in [-0.25, -0.2) is 18.0 Å². The van der Waals surface area contributed by atoms with Gasteiger partial charge in [-0.3, -0.25) is 0 Å². The van der Waals surface area contributed by atoms with E-state index in [0.29, 0.717) is 0 Å². The van der Waals surface area contributed by atoms with Crippen LogP contribution in [0.25, 0.3) is 0 Å². The van der Waals surface area contributed by atoms with E-state index < -0.39 is 52.8 Å². The molecule has 1 amide bonds. The highest BCUT2D eigenvalue weighted by Crippen LogP contribution is 2.40. The van der Waals surface area contributed by atoms with Gasteiger partial charge in [0.25, 0.3) is 0 Å². The van der Waals surface area contributed by atoms with Crippen LogP contribution >= 0.6 is 24.0 Å². The summed E-state index contributed by atoms with van der Waals surface area (Å²) in [4.78, 5) is 11.0. The number of ether oxygens (including phenoxy) is 1. The van der Waals surface area contributed by atoms with Gasteiger partial charge < -0.3 is 10.1 Å². The minimum atomic E-state index is -4.91. The van der Waals surface area contributed by atoms with Crippen molar-refractivity contribution in [3.8, 4) is 0 Å². The van der Waals surface area contributed by atoms with Gasteiger partial charge in [-0.2, -0.15) is 13.2 Å². The van der Waals surface area contributed by atoms with Gasteiger partial charge in [-0.05, 0) is 12.1 Å². The molecule has 124 valence electrons. The number of halogens is 8. The maximum absolute atomic E-state index is 13.8. The van der Waals surface area contributed by atoms with E-state index in [1.165, 1.54) is 0 Å². The molecule has 0 spiro atoms. The van der Waals surface area contributed by atoms with Gasteiger partial charge in [0.05, 0.1) is 10.6 Å². The topological polar surface area (TPSA) is 38.3 Å². The fourth-order valence-electron chi connectivity index (χ4n) is 1.80. The van der Waals surface area contributed by atoms with E-state index in [0.717, 1.165) is 0 Å². The van der Waals surface area contributed by atoms with Gasteiger partial charge in [-0.15, -0.1) is 12.4 Å². The summed E-state index contributed by atoms with van der Waals surface area (Å²) in [5.74, 6) is -5.25. The van der Waals surface area contributed by atoms with Crippen molar-refractivity contribution in [2.24, 2.45) is 0 Å². The Bertz CT molecular complexity index is 593. The molecule has 11 heteroatoms. The lowest BCUT2D eigenvalue weighted by atomic mass is 9.97. The highest BCUT2D eigenvalue weighted by atomic mass is 35.5. The third kappa shape index (κ3) is 3.52. The third-order valence-electron chi connectivity index (χ3n) is 2.77. The number of carbonyl (C=O) groups excluding carboxylic acids is 1. The third-order valence-corrected chi connectivity index (χ3v) is 3.05. The molecule has 3 nitrogen and oxygen atoms in total. The van der Waals surface area contributed by atoms with Gasteiger partial charge in [0, 0.05) is 5.56 Å². The van der Waals surface area contributed by atoms with Gasteiger partial charge in [-0.1, -0.05) is 11.6 Å². The van der Waals surface area contributed by atoms with Gasteiger partial charge in [0.15, 0.2) is 6.61 Å². The molecule has 0 aliphatic carbocycles. The Balaban J connectivity index is 0.00000242. The Kier molecular flexibility index (Phi) is 5.13. The molecule has 1 aromatic rings. The highest BCUT2D eigenvalue weighted by molar-refractivity contribution is 6.30. The van der Waals surface area contributed by atoms with Crippen LogP contribution in [-0.2, 0) is 10.9 Å². The Morgan fingerprint density at radius 2 is 1.91 bits per heavy atom. The Labute approximate surface area is 131 Å². The number of cyclic esters (lactones) is 1. The molecule has 0 radical (unpaired) electrons. The van der Waals surface area contributed by atoms with E-state index in [1.54, 1.807) is 5.32 Å². The summed E-state index contributed by atoms with van der Waals surface area (Å²) in [6.45, 7) is -1.38. The summed E-state index contributed by atoms with van der Waals surface area (Å²) in [6.07, 6.45) is -6.20. The molecule has 1 heterocycles. The maximum atomic E-state index is 13.8. The van der Waals surface area contributed by atoms with Crippen LogP contribution in [0.4, 0.5) is 31.1 Å². The van der Waals surface area contributed by atoms with Gasteiger partial charge in [0.1, 0.15) is 11.9 Å². The first-order chi connectivity index (χ1) is 9.52. The summed E-state index contributed by atoms with van der Waals surface area (Å²) in [5.41, 5.74) is -2.46. The number of carbonyl (C=O) groups is 1. The number of nitrogens with one attached hydrogen (secondary N) is 1. The molecule has 0 aromatic heterocycles. The quantitative estimate of drug-likeness (QED) is 0.748. The molecule has 1 fully saturated rings. The highest BCUT2D eigenvalue weighted by Gasteiger charge is 2.48. The van der Waals surface area contributed by atoms with Crippen LogP contribution in [0.1, 0.15) is 17.2 Å². The zero-order valence-electron chi connectivity index (χ0n) is 10.3. The molecule has 1 saturated heterocycles. The van der Waals surface area contributed by atoms with Crippen LogP contribution in [0.5, 0.6) is 0 Å². The van der Waals surface area contributed by atoms with Crippen LogP contribution in [0.3, 0.4) is 0 Å².